The van der Waals surface area contributed by atoms with Crippen molar-refractivity contribution in [1.29, 1.82) is 0 Å². The quantitative estimate of drug-likeness (QED) is 0.471. The first-order chi connectivity index (χ1) is 13.2. The lowest BCUT2D eigenvalue weighted by Crippen LogP contribution is -2.16. The molecule has 0 saturated carbocycles. The zero-order valence-electron chi connectivity index (χ0n) is 16.8. The fourth-order valence-corrected chi connectivity index (χ4v) is 3.56. The molecule has 0 radical (unpaired) electrons. The van der Waals surface area contributed by atoms with Gasteiger partial charge in [0.1, 0.15) is 5.75 Å². The van der Waals surface area contributed by atoms with E-state index in [9.17, 15) is 14.4 Å². The molecule has 0 atom stereocenters. The maximum atomic E-state index is 12.3. The molecule has 0 aliphatic rings. The predicted octanol–water partition coefficient (Wildman–Crippen LogP) is 3.51. The first-order valence-corrected chi connectivity index (χ1v) is 9.97. The average molecular weight is 404 g/mol. The second-order valence-electron chi connectivity index (χ2n) is 6.50. The van der Waals surface area contributed by atoms with E-state index in [2.05, 4.69) is 0 Å². The molecule has 28 heavy (non-hydrogen) atoms. The van der Waals surface area contributed by atoms with Crippen LogP contribution in [0.2, 0.25) is 0 Å². The van der Waals surface area contributed by atoms with Crippen LogP contribution in [0, 0.1) is 13.8 Å². The van der Waals surface area contributed by atoms with Crippen molar-refractivity contribution in [3.05, 3.63) is 52.3 Å². The minimum Gasteiger partial charge on any atom is -0.496 e. The molecule has 0 saturated heterocycles. The summed E-state index contributed by atoms with van der Waals surface area (Å²) in [6, 6.07) is 7.02. The molecule has 150 valence electrons. The Bertz CT molecular complexity index is 900. The van der Waals surface area contributed by atoms with Crippen LogP contribution < -0.4 is 4.74 Å². The molecular formula is C21H25NO5S. The van der Waals surface area contributed by atoms with Crippen molar-refractivity contribution in [2.45, 2.75) is 26.5 Å². The van der Waals surface area contributed by atoms with E-state index in [0.29, 0.717) is 22.6 Å². The summed E-state index contributed by atoms with van der Waals surface area (Å²) in [6.45, 7) is 5.01. The van der Waals surface area contributed by atoms with Gasteiger partial charge >= 0.3 is 5.97 Å². The number of hydrogen-bond donors (Lipinski definition) is 0. The smallest absolute Gasteiger partial charge is 0.316 e. The topological polar surface area (TPSA) is 74.6 Å². The summed E-state index contributed by atoms with van der Waals surface area (Å²) in [5, 5.41) is 0. The SMILES string of the molecule is COc1ccc(C(C)=O)cc1CSCC(=O)OCC(=O)c1cc(C)n(C)c1C. The predicted molar refractivity (Wildman–Crippen MR) is 109 cm³/mol. The molecule has 2 aromatic rings. The van der Waals surface area contributed by atoms with Crippen LogP contribution in [0.15, 0.2) is 24.3 Å². The van der Waals surface area contributed by atoms with Gasteiger partial charge in [0, 0.05) is 40.9 Å². The van der Waals surface area contributed by atoms with Crippen molar-refractivity contribution in [3.63, 3.8) is 0 Å². The molecule has 0 fully saturated rings. The summed E-state index contributed by atoms with van der Waals surface area (Å²) in [4.78, 5) is 35.8. The van der Waals surface area contributed by atoms with E-state index >= 15 is 0 Å². The monoisotopic (exact) mass is 403 g/mol. The van der Waals surface area contributed by atoms with Crippen molar-refractivity contribution in [2.24, 2.45) is 7.05 Å². The van der Waals surface area contributed by atoms with E-state index in [1.165, 1.54) is 18.7 Å². The number of aromatic nitrogens is 1. The van der Waals surface area contributed by atoms with Crippen LogP contribution in [0.5, 0.6) is 5.75 Å². The molecule has 7 heteroatoms. The maximum Gasteiger partial charge on any atom is 0.316 e. The second kappa shape index (κ2) is 9.59. The Morgan fingerprint density at radius 2 is 1.86 bits per heavy atom. The molecule has 0 amide bonds. The van der Waals surface area contributed by atoms with Crippen LogP contribution in [0.1, 0.15) is 44.6 Å². The molecule has 0 aliphatic heterocycles. The fourth-order valence-electron chi connectivity index (χ4n) is 2.76. The van der Waals surface area contributed by atoms with Crippen molar-refractivity contribution in [1.82, 2.24) is 4.57 Å². The average Bonchev–Trinajstić information content (AvgIpc) is 2.93. The van der Waals surface area contributed by atoms with Crippen LogP contribution in [-0.4, -0.2) is 41.6 Å². The number of Topliss-reactive ketones (excluding diaryl/α,β-unsaturated/α-hetero) is 2. The van der Waals surface area contributed by atoms with E-state index in [4.69, 9.17) is 9.47 Å². The third-order valence-corrected chi connectivity index (χ3v) is 5.56. The zero-order chi connectivity index (χ0) is 20.8. The minimum absolute atomic E-state index is 0.0294. The Balaban J connectivity index is 1.86. The Morgan fingerprint density at radius 3 is 2.43 bits per heavy atom. The summed E-state index contributed by atoms with van der Waals surface area (Å²) in [7, 11) is 3.45. The molecule has 0 bridgehead atoms. The normalized spacial score (nSPS) is 10.6. The maximum absolute atomic E-state index is 12.3. The molecule has 1 aromatic heterocycles. The summed E-state index contributed by atoms with van der Waals surface area (Å²) >= 11 is 1.34. The van der Waals surface area contributed by atoms with Gasteiger partial charge in [0.25, 0.3) is 0 Å². The van der Waals surface area contributed by atoms with Gasteiger partial charge in [0.2, 0.25) is 5.78 Å². The molecule has 2 rings (SSSR count). The first-order valence-electron chi connectivity index (χ1n) is 8.82. The van der Waals surface area contributed by atoms with Gasteiger partial charge in [-0.1, -0.05) is 0 Å². The first kappa shape index (κ1) is 21.8. The number of rotatable bonds is 9. The van der Waals surface area contributed by atoms with Crippen molar-refractivity contribution in [2.75, 3.05) is 19.5 Å². The minimum atomic E-state index is -0.453. The standard InChI is InChI=1S/C21H25NO5S/c1-13-8-18(14(2)22(13)4)19(24)10-27-21(25)12-28-11-17-9-16(15(3)23)6-7-20(17)26-5/h6-9H,10-12H2,1-5H3. The lowest BCUT2D eigenvalue weighted by molar-refractivity contribution is -0.139. The van der Waals surface area contributed by atoms with E-state index in [1.54, 1.807) is 31.4 Å². The number of thioether (sulfide) groups is 1. The highest BCUT2D eigenvalue weighted by Gasteiger charge is 2.16. The number of aryl methyl sites for hydroxylation is 1. The van der Waals surface area contributed by atoms with Crippen LogP contribution in [-0.2, 0) is 22.3 Å². The number of carbonyl (C=O) groups excluding carboxylic acids is 3. The molecule has 1 aromatic carbocycles. The molecule has 0 unspecified atom stereocenters. The fraction of sp³-hybridized carbons (Fsp3) is 0.381. The van der Waals surface area contributed by atoms with Gasteiger partial charge in [-0.3, -0.25) is 14.4 Å². The Kier molecular flexibility index (Phi) is 7.45. The molecule has 1 heterocycles. The summed E-state index contributed by atoms with van der Waals surface area (Å²) < 4.78 is 12.3. The molecule has 0 N–H and O–H groups in total. The third kappa shape index (κ3) is 5.25. The van der Waals surface area contributed by atoms with Crippen LogP contribution in [0.4, 0.5) is 0 Å². The molecule has 0 spiro atoms. The molecule has 0 aliphatic carbocycles. The number of benzene rings is 1. The number of methoxy groups -OCH3 is 1. The highest BCUT2D eigenvalue weighted by Crippen LogP contribution is 2.25. The highest BCUT2D eigenvalue weighted by atomic mass is 32.2. The third-order valence-electron chi connectivity index (χ3n) is 4.60. The molecule has 6 nitrogen and oxygen atoms in total. The van der Waals surface area contributed by atoms with Crippen molar-refractivity contribution < 1.29 is 23.9 Å². The van der Waals surface area contributed by atoms with E-state index in [0.717, 1.165) is 17.0 Å². The summed E-state index contributed by atoms with van der Waals surface area (Å²) in [6.07, 6.45) is 0. The van der Waals surface area contributed by atoms with E-state index in [-0.39, 0.29) is 23.9 Å². The van der Waals surface area contributed by atoms with E-state index in [1.807, 2.05) is 25.5 Å². The Hall–Kier alpha value is -2.54. The number of carbonyl (C=O) groups is 3. The van der Waals surface area contributed by atoms with Crippen LogP contribution >= 0.6 is 11.8 Å². The van der Waals surface area contributed by atoms with E-state index < -0.39 is 5.97 Å². The number of ether oxygens (including phenoxy) is 2. The zero-order valence-corrected chi connectivity index (χ0v) is 17.6. The summed E-state index contributed by atoms with van der Waals surface area (Å²) in [5.74, 6) is 0.563. The van der Waals surface area contributed by atoms with Crippen LogP contribution in [0.3, 0.4) is 0 Å². The van der Waals surface area contributed by atoms with Gasteiger partial charge in [-0.15, -0.1) is 11.8 Å². The number of hydrogen-bond acceptors (Lipinski definition) is 6. The Labute approximate surface area is 169 Å². The van der Waals surface area contributed by atoms with Gasteiger partial charge in [-0.25, -0.2) is 0 Å². The number of nitrogens with zero attached hydrogens (tertiary/aromatic N) is 1. The number of ketones is 2. The van der Waals surface area contributed by atoms with Gasteiger partial charge in [-0.05, 0) is 45.0 Å². The number of esters is 1. The lowest BCUT2D eigenvalue weighted by Gasteiger charge is -2.10. The van der Waals surface area contributed by atoms with Crippen molar-refractivity contribution >= 4 is 29.3 Å². The van der Waals surface area contributed by atoms with Gasteiger partial charge in [-0.2, -0.15) is 0 Å². The highest BCUT2D eigenvalue weighted by molar-refractivity contribution is 7.99. The van der Waals surface area contributed by atoms with Gasteiger partial charge in [0.05, 0.1) is 12.9 Å². The summed E-state index contributed by atoms with van der Waals surface area (Å²) in [5.41, 5.74) is 3.83. The van der Waals surface area contributed by atoms with Gasteiger partial charge in [0.15, 0.2) is 12.4 Å². The second-order valence-corrected chi connectivity index (χ2v) is 7.49. The largest absolute Gasteiger partial charge is 0.496 e. The molecular weight excluding hydrogens is 378 g/mol. The lowest BCUT2D eigenvalue weighted by atomic mass is 10.1. The Morgan fingerprint density at radius 1 is 1.14 bits per heavy atom. The van der Waals surface area contributed by atoms with Crippen LogP contribution in [0.25, 0.3) is 0 Å². The van der Waals surface area contributed by atoms with Crippen molar-refractivity contribution in [3.8, 4) is 5.75 Å². The van der Waals surface area contributed by atoms with Gasteiger partial charge < -0.3 is 14.0 Å².